The molecule has 0 unspecified atom stereocenters. The summed E-state index contributed by atoms with van der Waals surface area (Å²) in [6, 6.07) is 14.1. The number of aliphatic hydroxyl groups is 1. The Bertz CT molecular complexity index is 743. The maximum Gasteiger partial charge on any atom is 0.331 e. The minimum Gasteiger partial charge on any atom is -0.464 e. The van der Waals surface area contributed by atoms with Crippen molar-refractivity contribution in [2.45, 2.75) is 32.7 Å². The van der Waals surface area contributed by atoms with Crippen molar-refractivity contribution in [3.63, 3.8) is 0 Å². The second-order valence-corrected chi connectivity index (χ2v) is 5.94. The molecule has 5 heteroatoms. The molecule has 2 aromatic carbocycles. The highest BCUT2D eigenvalue weighted by Gasteiger charge is 2.24. The average molecular weight is 355 g/mol. The van der Waals surface area contributed by atoms with Crippen LogP contribution in [0.3, 0.4) is 0 Å². The maximum absolute atomic E-state index is 12.8. The van der Waals surface area contributed by atoms with Crippen LogP contribution in [0.15, 0.2) is 48.5 Å². The first-order valence-electron chi connectivity index (χ1n) is 8.88. The number of amides is 1. The highest BCUT2D eigenvalue weighted by Crippen LogP contribution is 2.28. The summed E-state index contributed by atoms with van der Waals surface area (Å²) in [5, 5.41) is 12.1. The molecule has 0 saturated heterocycles. The quantitative estimate of drug-likeness (QED) is 0.714. The van der Waals surface area contributed by atoms with Crippen LogP contribution >= 0.6 is 0 Å². The zero-order valence-electron chi connectivity index (χ0n) is 15.2. The molecule has 26 heavy (non-hydrogen) atoms. The zero-order chi connectivity index (χ0) is 18.9. The van der Waals surface area contributed by atoms with E-state index in [1.165, 1.54) is 0 Å². The van der Waals surface area contributed by atoms with Gasteiger partial charge in [-0.15, -0.1) is 0 Å². The number of nitrogens with one attached hydrogen (secondary N) is 1. The Hall–Kier alpha value is -2.66. The molecule has 0 radical (unpaired) electrons. The van der Waals surface area contributed by atoms with Crippen LogP contribution in [0.25, 0.3) is 11.1 Å². The van der Waals surface area contributed by atoms with Crippen molar-refractivity contribution in [2.75, 3.05) is 13.2 Å². The Morgan fingerprint density at radius 2 is 1.81 bits per heavy atom. The second kappa shape index (κ2) is 9.73. The molecule has 0 aliphatic rings. The van der Waals surface area contributed by atoms with Crippen LogP contribution in [0, 0.1) is 0 Å². The molecule has 0 bridgehead atoms. The van der Waals surface area contributed by atoms with Gasteiger partial charge in [0.05, 0.1) is 13.2 Å². The maximum atomic E-state index is 12.8. The summed E-state index contributed by atoms with van der Waals surface area (Å²) >= 11 is 0. The number of hydrogen-bond donors (Lipinski definition) is 2. The lowest BCUT2D eigenvalue weighted by molar-refractivity contribution is -0.146. The van der Waals surface area contributed by atoms with Crippen molar-refractivity contribution in [1.82, 2.24) is 5.32 Å². The van der Waals surface area contributed by atoms with E-state index >= 15 is 0 Å². The molecule has 1 amide bonds. The molecule has 1 atom stereocenters. The van der Waals surface area contributed by atoms with Gasteiger partial charge in [-0.3, -0.25) is 4.79 Å². The summed E-state index contributed by atoms with van der Waals surface area (Å²) in [6.07, 6.45) is 1.45. The first-order valence-corrected chi connectivity index (χ1v) is 8.88. The second-order valence-electron chi connectivity index (χ2n) is 5.94. The minimum absolute atomic E-state index is 0.256. The van der Waals surface area contributed by atoms with E-state index in [1.54, 1.807) is 6.07 Å². The van der Waals surface area contributed by atoms with Gasteiger partial charge in [0.2, 0.25) is 0 Å². The summed E-state index contributed by atoms with van der Waals surface area (Å²) in [7, 11) is 0. The molecule has 0 aliphatic carbocycles. The number of hydrogen-bond acceptors (Lipinski definition) is 4. The summed E-state index contributed by atoms with van der Waals surface area (Å²) in [5.74, 6) is -1.04. The number of esters is 1. The first-order chi connectivity index (χ1) is 12.6. The van der Waals surface area contributed by atoms with Gasteiger partial charge in [-0.05, 0) is 35.6 Å². The zero-order valence-corrected chi connectivity index (χ0v) is 15.2. The van der Waals surface area contributed by atoms with E-state index in [9.17, 15) is 14.7 Å². The molecule has 0 spiro atoms. The lowest BCUT2D eigenvalue weighted by atomic mass is 9.92. The van der Waals surface area contributed by atoms with Gasteiger partial charge in [-0.2, -0.15) is 0 Å². The van der Waals surface area contributed by atoms with E-state index in [2.05, 4.69) is 5.32 Å². The van der Waals surface area contributed by atoms with Crippen LogP contribution < -0.4 is 5.32 Å². The Morgan fingerprint density at radius 3 is 2.42 bits per heavy atom. The van der Waals surface area contributed by atoms with Crippen LogP contribution in [0.1, 0.15) is 36.2 Å². The molecule has 5 nitrogen and oxygen atoms in total. The smallest absolute Gasteiger partial charge is 0.331 e. The van der Waals surface area contributed by atoms with Gasteiger partial charge in [0, 0.05) is 5.56 Å². The van der Waals surface area contributed by atoms with Crippen molar-refractivity contribution in [3.8, 4) is 11.1 Å². The SMILES string of the molecule is CCCOC(=O)[C@H](CO)NC(=O)c1cccc(CC)c1-c1ccccc1. The molecule has 0 aliphatic heterocycles. The van der Waals surface area contributed by atoms with E-state index < -0.39 is 24.5 Å². The van der Waals surface area contributed by atoms with Gasteiger partial charge in [0.1, 0.15) is 0 Å². The van der Waals surface area contributed by atoms with Crippen LogP contribution in [-0.4, -0.2) is 36.2 Å². The lowest BCUT2D eigenvalue weighted by Crippen LogP contribution is -2.44. The Balaban J connectivity index is 2.33. The van der Waals surface area contributed by atoms with Gasteiger partial charge in [0.15, 0.2) is 6.04 Å². The molecule has 0 fully saturated rings. The Kier molecular flexibility index (Phi) is 7.36. The number of ether oxygens (including phenoxy) is 1. The topological polar surface area (TPSA) is 75.6 Å². The number of rotatable bonds is 8. The predicted octanol–water partition coefficient (Wildman–Crippen LogP) is 2.96. The molecule has 2 aromatic rings. The third-order valence-corrected chi connectivity index (χ3v) is 4.06. The summed E-state index contributed by atoms with van der Waals surface area (Å²) < 4.78 is 5.03. The minimum atomic E-state index is -1.08. The van der Waals surface area contributed by atoms with Crippen LogP contribution in [0.5, 0.6) is 0 Å². The van der Waals surface area contributed by atoms with E-state index in [1.807, 2.05) is 56.3 Å². The standard InChI is InChI=1S/C21H25NO4/c1-3-13-26-21(25)18(14-23)22-20(24)17-12-8-11-15(4-2)19(17)16-9-6-5-7-10-16/h5-12,18,23H,3-4,13-14H2,1-2H3,(H,22,24)/t18-/m0/s1. The van der Waals surface area contributed by atoms with Gasteiger partial charge in [-0.25, -0.2) is 4.79 Å². The molecule has 0 saturated carbocycles. The fraction of sp³-hybridized carbons (Fsp3) is 0.333. The van der Waals surface area contributed by atoms with Crippen molar-refractivity contribution in [2.24, 2.45) is 0 Å². The van der Waals surface area contributed by atoms with Gasteiger partial charge >= 0.3 is 5.97 Å². The monoisotopic (exact) mass is 355 g/mol. The number of aliphatic hydroxyl groups excluding tert-OH is 1. The Morgan fingerprint density at radius 1 is 1.08 bits per heavy atom. The molecular formula is C21H25NO4. The molecule has 2 N–H and O–H groups in total. The van der Waals surface area contributed by atoms with E-state index in [0.29, 0.717) is 12.0 Å². The molecule has 138 valence electrons. The van der Waals surface area contributed by atoms with Crippen molar-refractivity contribution in [3.05, 3.63) is 59.7 Å². The third kappa shape index (κ3) is 4.70. The summed E-state index contributed by atoms with van der Waals surface area (Å²) in [5.41, 5.74) is 3.28. The van der Waals surface area contributed by atoms with Gasteiger partial charge in [0.25, 0.3) is 5.91 Å². The highest BCUT2D eigenvalue weighted by atomic mass is 16.5. The number of carbonyl (C=O) groups is 2. The van der Waals surface area contributed by atoms with Crippen LogP contribution in [0.4, 0.5) is 0 Å². The fourth-order valence-corrected chi connectivity index (χ4v) is 2.75. The lowest BCUT2D eigenvalue weighted by Gasteiger charge is -2.18. The molecule has 0 heterocycles. The van der Waals surface area contributed by atoms with Crippen LogP contribution in [-0.2, 0) is 16.0 Å². The van der Waals surface area contributed by atoms with Gasteiger partial charge in [-0.1, -0.05) is 56.3 Å². The molecule has 2 rings (SSSR count). The highest BCUT2D eigenvalue weighted by molar-refractivity contribution is 6.03. The van der Waals surface area contributed by atoms with Crippen LogP contribution in [0.2, 0.25) is 0 Å². The van der Waals surface area contributed by atoms with Crippen molar-refractivity contribution in [1.29, 1.82) is 0 Å². The number of benzene rings is 2. The average Bonchev–Trinajstić information content (AvgIpc) is 2.69. The third-order valence-electron chi connectivity index (χ3n) is 4.06. The molecular weight excluding hydrogens is 330 g/mol. The Labute approximate surface area is 154 Å². The normalized spacial score (nSPS) is 11.7. The van der Waals surface area contributed by atoms with Crippen molar-refractivity contribution < 1.29 is 19.4 Å². The largest absolute Gasteiger partial charge is 0.464 e. The van der Waals surface area contributed by atoms with E-state index in [0.717, 1.165) is 23.1 Å². The first kappa shape index (κ1) is 19.7. The summed E-state index contributed by atoms with van der Waals surface area (Å²) in [6.45, 7) is 3.65. The predicted molar refractivity (Wildman–Crippen MR) is 101 cm³/mol. The molecule has 0 aromatic heterocycles. The number of carbonyl (C=O) groups excluding carboxylic acids is 2. The fourth-order valence-electron chi connectivity index (χ4n) is 2.75. The summed E-state index contributed by atoms with van der Waals surface area (Å²) in [4.78, 5) is 24.8. The van der Waals surface area contributed by atoms with E-state index in [4.69, 9.17) is 4.74 Å². The van der Waals surface area contributed by atoms with E-state index in [-0.39, 0.29) is 6.61 Å². The van der Waals surface area contributed by atoms with Crippen molar-refractivity contribution >= 4 is 11.9 Å². The van der Waals surface area contributed by atoms with Gasteiger partial charge < -0.3 is 15.2 Å². The number of aryl methyl sites for hydroxylation is 1.